The zero-order valence-corrected chi connectivity index (χ0v) is 11.6. The number of hydrogen-bond acceptors (Lipinski definition) is 2. The molecule has 18 heavy (non-hydrogen) atoms. The first-order valence-electron chi connectivity index (χ1n) is 6.30. The number of fused-ring (bicyclic) bond motifs is 1. The first-order valence-corrected chi connectivity index (χ1v) is 6.68. The minimum atomic E-state index is 0.0688. The number of halogens is 1. The van der Waals surface area contributed by atoms with Crippen LogP contribution in [0.25, 0.3) is 0 Å². The van der Waals surface area contributed by atoms with E-state index in [-0.39, 0.29) is 5.91 Å². The molecule has 0 aliphatic carbocycles. The van der Waals surface area contributed by atoms with Gasteiger partial charge in [-0.25, -0.2) is 0 Å². The monoisotopic (exact) mass is 266 g/mol. The molecule has 0 spiro atoms. The van der Waals surface area contributed by atoms with Gasteiger partial charge in [-0.15, -0.1) is 0 Å². The lowest BCUT2D eigenvalue weighted by molar-refractivity contribution is -0.116. The number of nitrogens with zero attached hydrogens (tertiary/aromatic N) is 1. The Labute approximate surface area is 113 Å². The van der Waals surface area contributed by atoms with Crippen molar-refractivity contribution >= 4 is 23.2 Å². The summed E-state index contributed by atoms with van der Waals surface area (Å²) in [6.45, 7) is 4.99. The molecule has 1 heterocycles. The second kappa shape index (κ2) is 5.29. The first kappa shape index (κ1) is 13.4. The maximum absolute atomic E-state index is 11.8. The SMILES string of the molecule is CC(=O)N1CCC(CN)Cc2c(Cl)ccc(C)c21. The van der Waals surface area contributed by atoms with Gasteiger partial charge in [-0.2, -0.15) is 0 Å². The molecule has 0 fully saturated rings. The smallest absolute Gasteiger partial charge is 0.223 e. The number of carbonyl (C=O) groups excluding carboxylic acids is 1. The molecule has 0 saturated heterocycles. The third-order valence-corrected chi connectivity index (χ3v) is 4.02. The summed E-state index contributed by atoms with van der Waals surface area (Å²) in [7, 11) is 0. The van der Waals surface area contributed by atoms with Gasteiger partial charge < -0.3 is 10.6 Å². The van der Waals surface area contributed by atoms with Crippen LogP contribution in [-0.4, -0.2) is 19.0 Å². The molecule has 1 aromatic carbocycles. The summed E-state index contributed by atoms with van der Waals surface area (Å²) in [6, 6.07) is 3.88. The minimum Gasteiger partial charge on any atom is -0.330 e. The van der Waals surface area contributed by atoms with Crippen molar-refractivity contribution in [3.8, 4) is 0 Å². The van der Waals surface area contributed by atoms with E-state index in [1.807, 2.05) is 24.0 Å². The topological polar surface area (TPSA) is 46.3 Å². The molecular formula is C14H19ClN2O. The highest BCUT2D eigenvalue weighted by Gasteiger charge is 2.26. The van der Waals surface area contributed by atoms with Crippen LogP contribution >= 0.6 is 11.6 Å². The third kappa shape index (κ3) is 2.38. The van der Waals surface area contributed by atoms with Crippen LogP contribution in [0.2, 0.25) is 5.02 Å². The first-order chi connectivity index (χ1) is 8.54. The van der Waals surface area contributed by atoms with Crippen molar-refractivity contribution in [2.75, 3.05) is 18.0 Å². The summed E-state index contributed by atoms with van der Waals surface area (Å²) < 4.78 is 0. The van der Waals surface area contributed by atoms with E-state index in [0.29, 0.717) is 12.5 Å². The Morgan fingerprint density at radius 3 is 2.89 bits per heavy atom. The zero-order chi connectivity index (χ0) is 13.3. The van der Waals surface area contributed by atoms with Gasteiger partial charge in [-0.3, -0.25) is 4.79 Å². The number of aryl methyl sites for hydroxylation is 1. The summed E-state index contributed by atoms with van der Waals surface area (Å²) in [5.41, 5.74) is 8.95. The second-order valence-electron chi connectivity index (χ2n) is 4.96. The Kier molecular flexibility index (Phi) is 3.93. The largest absolute Gasteiger partial charge is 0.330 e. The summed E-state index contributed by atoms with van der Waals surface area (Å²) in [6.07, 6.45) is 1.79. The van der Waals surface area contributed by atoms with E-state index in [0.717, 1.165) is 41.2 Å². The lowest BCUT2D eigenvalue weighted by Gasteiger charge is -2.23. The van der Waals surface area contributed by atoms with E-state index in [1.54, 1.807) is 6.92 Å². The normalized spacial score (nSPS) is 19.3. The summed E-state index contributed by atoms with van der Waals surface area (Å²) in [4.78, 5) is 13.7. The van der Waals surface area contributed by atoms with Gasteiger partial charge in [-0.1, -0.05) is 17.7 Å². The molecule has 1 unspecified atom stereocenters. The Morgan fingerprint density at radius 1 is 1.56 bits per heavy atom. The lowest BCUT2D eigenvalue weighted by Crippen LogP contribution is -2.30. The number of carbonyl (C=O) groups is 1. The summed E-state index contributed by atoms with van der Waals surface area (Å²) in [5.74, 6) is 0.465. The van der Waals surface area contributed by atoms with Crippen molar-refractivity contribution in [2.45, 2.75) is 26.7 Å². The number of benzene rings is 1. The molecule has 1 aromatic rings. The highest BCUT2D eigenvalue weighted by molar-refractivity contribution is 6.32. The van der Waals surface area contributed by atoms with E-state index >= 15 is 0 Å². The number of nitrogens with two attached hydrogens (primary N) is 1. The number of rotatable bonds is 1. The molecule has 98 valence electrons. The van der Waals surface area contributed by atoms with Gasteiger partial charge in [0.2, 0.25) is 5.91 Å². The van der Waals surface area contributed by atoms with E-state index < -0.39 is 0 Å². The van der Waals surface area contributed by atoms with Crippen molar-refractivity contribution < 1.29 is 4.79 Å². The molecule has 2 N–H and O–H groups in total. The Bertz CT molecular complexity index is 473. The van der Waals surface area contributed by atoms with Gasteiger partial charge in [0.25, 0.3) is 0 Å². The Balaban J connectivity index is 2.56. The number of hydrogen-bond donors (Lipinski definition) is 1. The molecule has 4 heteroatoms. The molecule has 0 saturated carbocycles. The van der Waals surface area contributed by atoms with Gasteiger partial charge >= 0.3 is 0 Å². The maximum Gasteiger partial charge on any atom is 0.223 e. The van der Waals surface area contributed by atoms with Crippen LogP contribution in [0.4, 0.5) is 5.69 Å². The van der Waals surface area contributed by atoms with Gasteiger partial charge in [0, 0.05) is 18.5 Å². The minimum absolute atomic E-state index is 0.0688. The Hall–Kier alpha value is -1.06. The maximum atomic E-state index is 11.8. The highest BCUT2D eigenvalue weighted by atomic mass is 35.5. The standard InChI is InChI=1S/C14H19ClN2O/c1-9-3-4-13(15)12-7-11(8-16)5-6-17(10(2)18)14(9)12/h3-4,11H,5-8,16H2,1-2H3. The van der Waals surface area contributed by atoms with Crippen molar-refractivity contribution in [1.29, 1.82) is 0 Å². The van der Waals surface area contributed by atoms with Crippen LogP contribution in [0, 0.1) is 12.8 Å². The second-order valence-corrected chi connectivity index (χ2v) is 5.36. The summed E-state index contributed by atoms with van der Waals surface area (Å²) >= 11 is 6.30. The number of amides is 1. The van der Waals surface area contributed by atoms with Gasteiger partial charge in [0.1, 0.15) is 0 Å². The molecule has 1 aliphatic heterocycles. The van der Waals surface area contributed by atoms with Crippen molar-refractivity contribution in [1.82, 2.24) is 0 Å². The molecule has 0 bridgehead atoms. The third-order valence-electron chi connectivity index (χ3n) is 3.66. The van der Waals surface area contributed by atoms with Crippen LogP contribution in [0.15, 0.2) is 12.1 Å². The predicted molar refractivity (Wildman–Crippen MR) is 75.1 cm³/mol. The van der Waals surface area contributed by atoms with Crippen LogP contribution in [0.1, 0.15) is 24.5 Å². The molecule has 1 atom stereocenters. The molecule has 0 radical (unpaired) electrons. The quantitative estimate of drug-likeness (QED) is 0.849. The van der Waals surface area contributed by atoms with Crippen molar-refractivity contribution in [3.05, 3.63) is 28.3 Å². The van der Waals surface area contributed by atoms with E-state index in [9.17, 15) is 4.79 Å². The molecule has 0 aromatic heterocycles. The van der Waals surface area contributed by atoms with Crippen LogP contribution in [0.3, 0.4) is 0 Å². The van der Waals surface area contributed by atoms with E-state index in [2.05, 4.69) is 0 Å². The molecule has 3 nitrogen and oxygen atoms in total. The lowest BCUT2D eigenvalue weighted by atomic mass is 9.96. The average Bonchev–Trinajstić information content (AvgIpc) is 2.54. The van der Waals surface area contributed by atoms with Gasteiger partial charge in [-0.05, 0) is 49.4 Å². The fourth-order valence-corrected chi connectivity index (χ4v) is 2.86. The molecule has 1 amide bonds. The molecular weight excluding hydrogens is 248 g/mol. The fourth-order valence-electron chi connectivity index (χ4n) is 2.63. The molecule has 2 rings (SSSR count). The highest BCUT2D eigenvalue weighted by Crippen LogP contribution is 2.36. The van der Waals surface area contributed by atoms with Crippen LogP contribution in [0.5, 0.6) is 0 Å². The molecule has 1 aliphatic rings. The average molecular weight is 267 g/mol. The predicted octanol–water partition coefficient (Wildman–Crippen LogP) is 2.52. The number of anilines is 1. The van der Waals surface area contributed by atoms with Crippen LogP contribution in [-0.2, 0) is 11.2 Å². The van der Waals surface area contributed by atoms with Gasteiger partial charge in [0.15, 0.2) is 0 Å². The van der Waals surface area contributed by atoms with E-state index in [4.69, 9.17) is 17.3 Å². The van der Waals surface area contributed by atoms with E-state index in [1.165, 1.54) is 0 Å². The van der Waals surface area contributed by atoms with Gasteiger partial charge in [0.05, 0.1) is 5.69 Å². The fraction of sp³-hybridized carbons (Fsp3) is 0.500. The van der Waals surface area contributed by atoms with Crippen LogP contribution < -0.4 is 10.6 Å². The van der Waals surface area contributed by atoms with Crippen molar-refractivity contribution in [3.63, 3.8) is 0 Å². The Morgan fingerprint density at radius 2 is 2.28 bits per heavy atom. The zero-order valence-electron chi connectivity index (χ0n) is 10.9. The summed E-state index contributed by atoms with van der Waals surface area (Å²) in [5, 5.41) is 0.738. The van der Waals surface area contributed by atoms with Crippen molar-refractivity contribution in [2.24, 2.45) is 11.7 Å².